The van der Waals surface area contributed by atoms with Gasteiger partial charge in [0.05, 0.1) is 16.6 Å². The van der Waals surface area contributed by atoms with Crippen LogP contribution >= 0.6 is 11.3 Å². The first kappa shape index (κ1) is 18.8. The van der Waals surface area contributed by atoms with Crippen LogP contribution in [0.2, 0.25) is 0 Å². The fourth-order valence-electron chi connectivity index (χ4n) is 4.00. The van der Waals surface area contributed by atoms with Crippen molar-refractivity contribution in [2.24, 2.45) is 0 Å². The summed E-state index contributed by atoms with van der Waals surface area (Å²) in [5.74, 6) is 0.0692. The topological polar surface area (TPSA) is 51.0 Å². The highest BCUT2D eigenvalue weighted by Crippen LogP contribution is 2.40. The maximum atomic E-state index is 13.3. The van der Waals surface area contributed by atoms with Crippen molar-refractivity contribution >= 4 is 17.2 Å². The molecule has 0 spiro atoms. The summed E-state index contributed by atoms with van der Waals surface area (Å²) in [5, 5.41) is 4.15. The van der Waals surface area contributed by atoms with Crippen LogP contribution in [-0.2, 0) is 12.8 Å². The second-order valence-electron chi connectivity index (χ2n) is 7.65. The van der Waals surface area contributed by atoms with Gasteiger partial charge in [-0.15, -0.1) is 11.3 Å². The van der Waals surface area contributed by atoms with Crippen LogP contribution in [0.5, 0.6) is 0 Å². The normalized spacial score (nSPS) is 13.4. The number of aromatic nitrogens is 3. The van der Waals surface area contributed by atoms with E-state index in [0.29, 0.717) is 0 Å². The number of hydrogen-bond acceptors (Lipinski definition) is 4. The van der Waals surface area contributed by atoms with Gasteiger partial charge in [0.2, 0.25) is 0 Å². The largest absolute Gasteiger partial charge is 0.334 e. The van der Waals surface area contributed by atoms with Gasteiger partial charge < -0.3 is 4.90 Å². The molecule has 1 aliphatic rings. The van der Waals surface area contributed by atoms with E-state index in [0.717, 1.165) is 29.0 Å². The lowest BCUT2D eigenvalue weighted by Crippen LogP contribution is -2.29. The standard InChI is InChI=1S/C24H22N4OS/c1-16(17-9-11-20(12-10-17)28-15-25-14-26-28)27(2)24(29)22-13-19-8-7-18-5-3-4-6-21(18)23(19)30-22/h3-6,9-16H,7-8H2,1-2H3/t16-/m1/s1. The highest BCUT2D eigenvalue weighted by Gasteiger charge is 2.25. The third kappa shape index (κ3) is 3.23. The van der Waals surface area contributed by atoms with Gasteiger partial charge in [0.1, 0.15) is 12.7 Å². The number of rotatable bonds is 4. The zero-order chi connectivity index (χ0) is 20.7. The van der Waals surface area contributed by atoms with Crippen LogP contribution in [0.1, 0.15) is 39.3 Å². The molecule has 0 N–H and O–H groups in total. The van der Waals surface area contributed by atoms with E-state index in [-0.39, 0.29) is 11.9 Å². The van der Waals surface area contributed by atoms with Gasteiger partial charge in [-0.25, -0.2) is 9.67 Å². The number of hydrogen-bond donors (Lipinski definition) is 0. The van der Waals surface area contributed by atoms with Crippen molar-refractivity contribution in [1.29, 1.82) is 0 Å². The van der Waals surface area contributed by atoms with Crippen LogP contribution in [0.15, 0.2) is 67.3 Å². The molecular formula is C24H22N4OS. The Bertz CT molecular complexity index is 1190. The molecule has 30 heavy (non-hydrogen) atoms. The number of carbonyl (C=O) groups excluding carboxylic acids is 1. The first-order valence-electron chi connectivity index (χ1n) is 10.0. The minimum absolute atomic E-state index is 0.0336. The summed E-state index contributed by atoms with van der Waals surface area (Å²) >= 11 is 1.62. The van der Waals surface area contributed by atoms with Crippen molar-refractivity contribution < 1.29 is 4.79 Å². The number of nitrogens with zero attached hydrogens (tertiary/aromatic N) is 4. The molecule has 2 aromatic carbocycles. The SMILES string of the molecule is C[C@H](c1ccc(-n2cncn2)cc1)N(C)C(=O)c1cc2c(s1)-c1ccccc1CC2. The molecule has 5 rings (SSSR count). The molecule has 4 aromatic rings. The van der Waals surface area contributed by atoms with Crippen molar-refractivity contribution in [3.05, 3.63) is 88.8 Å². The first-order valence-corrected chi connectivity index (χ1v) is 10.9. The van der Waals surface area contributed by atoms with E-state index >= 15 is 0 Å². The van der Waals surface area contributed by atoms with Gasteiger partial charge in [0, 0.05) is 11.9 Å². The molecule has 0 saturated heterocycles. The second kappa shape index (κ2) is 7.54. The van der Waals surface area contributed by atoms with Crippen LogP contribution in [0, 0.1) is 0 Å². The van der Waals surface area contributed by atoms with Gasteiger partial charge in [-0.05, 0) is 60.2 Å². The molecule has 2 aromatic heterocycles. The van der Waals surface area contributed by atoms with Crippen molar-refractivity contribution in [2.75, 3.05) is 7.05 Å². The Morgan fingerprint density at radius 3 is 2.63 bits per heavy atom. The maximum Gasteiger partial charge on any atom is 0.264 e. The molecule has 6 heteroatoms. The number of fused-ring (bicyclic) bond motifs is 3. The number of thiophene rings is 1. The van der Waals surface area contributed by atoms with E-state index in [4.69, 9.17) is 0 Å². The van der Waals surface area contributed by atoms with Gasteiger partial charge >= 0.3 is 0 Å². The maximum absolute atomic E-state index is 13.3. The third-order valence-corrected chi connectivity index (χ3v) is 7.10. The highest BCUT2D eigenvalue weighted by atomic mass is 32.1. The third-order valence-electron chi connectivity index (χ3n) is 5.91. The Morgan fingerprint density at radius 2 is 1.87 bits per heavy atom. The van der Waals surface area contributed by atoms with E-state index in [1.807, 2.05) is 36.2 Å². The molecular weight excluding hydrogens is 392 g/mol. The summed E-state index contributed by atoms with van der Waals surface area (Å²) in [4.78, 5) is 21.1. The average molecular weight is 415 g/mol. The smallest absolute Gasteiger partial charge is 0.264 e. The Morgan fingerprint density at radius 1 is 1.10 bits per heavy atom. The molecule has 2 heterocycles. The molecule has 1 amide bonds. The summed E-state index contributed by atoms with van der Waals surface area (Å²) in [5.41, 5.74) is 5.98. The van der Waals surface area contributed by atoms with Gasteiger partial charge in [-0.1, -0.05) is 36.4 Å². The lowest BCUT2D eigenvalue weighted by atomic mass is 9.91. The minimum Gasteiger partial charge on any atom is -0.334 e. The molecule has 1 atom stereocenters. The molecule has 0 bridgehead atoms. The summed E-state index contributed by atoms with van der Waals surface area (Å²) < 4.78 is 1.72. The predicted molar refractivity (Wildman–Crippen MR) is 119 cm³/mol. The van der Waals surface area contributed by atoms with E-state index in [1.165, 1.54) is 27.9 Å². The predicted octanol–water partition coefficient (Wildman–Crippen LogP) is 4.93. The molecule has 0 saturated carbocycles. The van der Waals surface area contributed by atoms with Crippen molar-refractivity contribution in [3.63, 3.8) is 0 Å². The van der Waals surface area contributed by atoms with Gasteiger partial charge in [0.15, 0.2) is 0 Å². The van der Waals surface area contributed by atoms with E-state index in [9.17, 15) is 4.79 Å². The van der Waals surface area contributed by atoms with E-state index < -0.39 is 0 Å². The molecule has 150 valence electrons. The van der Waals surface area contributed by atoms with E-state index in [2.05, 4.69) is 47.3 Å². The van der Waals surface area contributed by atoms with Crippen LogP contribution in [0.25, 0.3) is 16.1 Å². The molecule has 0 aliphatic heterocycles. The zero-order valence-electron chi connectivity index (χ0n) is 16.9. The average Bonchev–Trinajstić information content (AvgIpc) is 3.48. The molecule has 0 fully saturated rings. The fraction of sp³-hybridized carbons (Fsp3) is 0.208. The summed E-state index contributed by atoms with van der Waals surface area (Å²) in [6.07, 6.45) is 5.23. The Balaban J connectivity index is 1.37. The summed E-state index contributed by atoms with van der Waals surface area (Å²) in [6.45, 7) is 2.06. The van der Waals surface area contributed by atoms with Crippen LogP contribution < -0.4 is 0 Å². The van der Waals surface area contributed by atoms with Gasteiger partial charge in [0.25, 0.3) is 5.91 Å². The van der Waals surface area contributed by atoms with Crippen LogP contribution in [0.3, 0.4) is 0 Å². The number of aryl methyl sites for hydroxylation is 2. The molecule has 1 aliphatic carbocycles. The minimum atomic E-state index is -0.0336. The highest BCUT2D eigenvalue weighted by molar-refractivity contribution is 7.17. The zero-order valence-corrected chi connectivity index (χ0v) is 17.8. The van der Waals surface area contributed by atoms with Gasteiger partial charge in [-0.3, -0.25) is 4.79 Å². The number of amides is 1. The summed E-state index contributed by atoms with van der Waals surface area (Å²) in [6, 6.07) is 18.7. The monoisotopic (exact) mass is 414 g/mol. The number of carbonyl (C=O) groups is 1. The first-order chi connectivity index (χ1) is 14.6. The Labute approximate surface area is 179 Å². The van der Waals surface area contributed by atoms with E-state index in [1.54, 1.807) is 22.3 Å². The van der Waals surface area contributed by atoms with Crippen LogP contribution in [0.4, 0.5) is 0 Å². The van der Waals surface area contributed by atoms with Crippen molar-refractivity contribution in [3.8, 4) is 16.1 Å². The molecule has 0 unspecified atom stereocenters. The van der Waals surface area contributed by atoms with Crippen molar-refractivity contribution in [1.82, 2.24) is 19.7 Å². The Kier molecular flexibility index (Phi) is 4.71. The lowest BCUT2D eigenvalue weighted by Gasteiger charge is -2.25. The fourth-order valence-corrected chi connectivity index (χ4v) is 5.25. The second-order valence-corrected chi connectivity index (χ2v) is 8.70. The lowest BCUT2D eigenvalue weighted by molar-refractivity contribution is 0.0747. The molecule has 0 radical (unpaired) electrons. The van der Waals surface area contributed by atoms with Crippen LogP contribution in [-0.4, -0.2) is 32.6 Å². The Hall–Kier alpha value is -3.25. The van der Waals surface area contributed by atoms with Gasteiger partial charge in [-0.2, -0.15) is 5.10 Å². The van der Waals surface area contributed by atoms with Crippen molar-refractivity contribution in [2.45, 2.75) is 25.8 Å². The quantitative estimate of drug-likeness (QED) is 0.476. The molecule has 5 nitrogen and oxygen atoms in total. The number of benzene rings is 2. The summed E-state index contributed by atoms with van der Waals surface area (Å²) in [7, 11) is 1.88.